The number of anilines is 1. The van der Waals surface area contributed by atoms with Crippen molar-refractivity contribution < 1.29 is 9.47 Å². The quantitative estimate of drug-likeness (QED) is 0.267. The summed E-state index contributed by atoms with van der Waals surface area (Å²) in [6.07, 6.45) is 9.21. The van der Waals surface area contributed by atoms with E-state index in [0.717, 1.165) is 55.8 Å². The molecule has 0 amide bonds. The Kier molecular flexibility index (Phi) is 8.64. The molecule has 1 atom stereocenters. The molecular formula is C27H38N4O2S. The molecule has 4 rings (SSSR count). The maximum absolute atomic E-state index is 5.87. The normalized spacial score (nSPS) is 15.6. The van der Waals surface area contributed by atoms with Crippen molar-refractivity contribution in [3.8, 4) is 11.5 Å². The van der Waals surface area contributed by atoms with Crippen LogP contribution >= 0.6 is 11.3 Å². The number of aromatic nitrogens is 1. The lowest BCUT2D eigenvalue weighted by Crippen LogP contribution is -2.49. The molecule has 3 aromatic rings. The minimum Gasteiger partial charge on any atom is -0.493 e. The Morgan fingerprint density at radius 3 is 2.82 bits per heavy atom. The fourth-order valence-electron chi connectivity index (χ4n) is 5.02. The van der Waals surface area contributed by atoms with E-state index >= 15 is 0 Å². The maximum atomic E-state index is 5.87. The molecule has 2 aromatic carbocycles. The fourth-order valence-corrected chi connectivity index (χ4v) is 5.81. The highest BCUT2D eigenvalue weighted by Gasteiger charge is 2.27. The number of nitrogens with one attached hydrogen (secondary N) is 1. The number of fused-ring (bicyclic) bond motifs is 2. The molecule has 1 heterocycles. The van der Waals surface area contributed by atoms with Crippen LogP contribution < -0.4 is 20.6 Å². The maximum Gasteiger partial charge on any atom is 0.181 e. The van der Waals surface area contributed by atoms with Gasteiger partial charge in [0.1, 0.15) is 0 Å². The summed E-state index contributed by atoms with van der Waals surface area (Å²) in [5.41, 5.74) is 14.7. The molecule has 184 valence electrons. The van der Waals surface area contributed by atoms with Gasteiger partial charge in [0, 0.05) is 24.7 Å². The summed E-state index contributed by atoms with van der Waals surface area (Å²) in [4.78, 5) is 4.37. The van der Waals surface area contributed by atoms with Crippen LogP contribution in [0.2, 0.25) is 0 Å². The van der Waals surface area contributed by atoms with Crippen molar-refractivity contribution in [2.45, 2.75) is 64.3 Å². The van der Waals surface area contributed by atoms with Crippen LogP contribution in [-0.2, 0) is 19.3 Å². The van der Waals surface area contributed by atoms with Gasteiger partial charge >= 0.3 is 0 Å². The lowest BCUT2D eigenvalue weighted by molar-refractivity contribution is 0.109. The van der Waals surface area contributed by atoms with Gasteiger partial charge in [-0.3, -0.25) is 5.43 Å². The molecule has 0 bridgehead atoms. The van der Waals surface area contributed by atoms with Crippen LogP contribution in [0.25, 0.3) is 10.2 Å². The minimum absolute atomic E-state index is 0.482. The highest BCUT2D eigenvalue weighted by molar-refractivity contribution is 7.22. The van der Waals surface area contributed by atoms with Crippen molar-refractivity contribution >= 4 is 26.7 Å². The molecule has 1 aliphatic rings. The zero-order chi connectivity index (χ0) is 23.9. The first-order valence-corrected chi connectivity index (χ1v) is 13.3. The fraction of sp³-hybridized carbons (Fsp3) is 0.519. The summed E-state index contributed by atoms with van der Waals surface area (Å²) in [6.45, 7) is 4.27. The number of hydrogen-bond donors (Lipinski definition) is 2. The third-order valence-corrected chi connectivity index (χ3v) is 7.67. The largest absolute Gasteiger partial charge is 0.493 e. The highest BCUT2D eigenvalue weighted by atomic mass is 32.1. The molecule has 1 aliphatic carbocycles. The molecule has 0 spiro atoms. The number of nitrogens with two attached hydrogens (primary N) is 1. The molecule has 1 aromatic heterocycles. The number of benzene rings is 2. The number of nitrogens with zero attached hydrogens (tertiary/aromatic N) is 2. The molecule has 0 aliphatic heterocycles. The number of methoxy groups -OCH3 is 2. The van der Waals surface area contributed by atoms with E-state index in [1.807, 2.05) is 6.07 Å². The molecule has 0 fully saturated rings. The summed E-state index contributed by atoms with van der Waals surface area (Å²) in [6, 6.07) is 11.2. The minimum atomic E-state index is 0.482. The van der Waals surface area contributed by atoms with E-state index in [2.05, 4.69) is 46.6 Å². The number of rotatable bonds is 12. The Hall–Kier alpha value is -2.35. The average Bonchev–Trinajstić information content (AvgIpc) is 3.23. The number of ether oxygens (including phenoxy) is 2. The van der Waals surface area contributed by atoms with Crippen molar-refractivity contribution in [3.63, 3.8) is 0 Å². The van der Waals surface area contributed by atoms with Crippen molar-refractivity contribution in [1.82, 2.24) is 15.4 Å². The van der Waals surface area contributed by atoms with E-state index in [9.17, 15) is 0 Å². The average molecular weight is 483 g/mol. The number of unbranched alkanes of at least 4 members (excludes halogenated alkanes) is 3. The Balaban J connectivity index is 1.41. The molecule has 7 heteroatoms. The molecule has 0 saturated carbocycles. The molecule has 34 heavy (non-hydrogen) atoms. The van der Waals surface area contributed by atoms with Crippen LogP contribution in [0.5, 0.6) is 11.5 Å². The van der Waals surface area contributed by atoms with Gasteiger partial charge in [-0.05, 0) is 61.4 Å². The molecular weight excluding hydrogens is 444 g/mol. The van der Waals surface area contributed by atoms with E-state index in [0.29, 0.717) is 11.2 Å². The highest BCUT2D eigenvalue weighted by Crippen LogP contribution is 2.38. The van der Waals surface area contributed by atoms with Crippen LogP contribution in [0.1, 0.15) is 55.7 Å². The monoisotopic (exact) mass is 482 g/mol. The van der Waals surface area contributed by atoms with Crippen molar-refractivity contribution in [3.05, 3.63) is 47.0 Å². The van der Waals surface area contributed by atoms with Crippen LogP contribution in [0.4, 0.5) is 5.13 Å². The third kappa shape index (κ3) is 5.82. The number of hydrazine groups is 1. The summed E-state index contributed by atoms with van der Waals surface area (Å²) in [5.74, 6) is 1.73. The molecule has 1 unspecified atom stereocenters. The van der Waals surface area contributed by atoms with Gasteiger partial charge in [-0.25, -0.2) is 9.99 Å². The first-order chi connectivity index (χ1) is 16.6. The molecule has 0 radical (unpaired) electrons. The van der Waals surface area contributed by atoms with Crippen LogP contribution in [-0.4, -0.2) is 43.3 Å². The number of thiazole rings is 1. The van der Waals surface area contributed by atoms with Gasteiger partial charge in [-0.1, -0.05) is 49.7 Å². The second-order valence-corrected chi connectivity index (χ2v) is 10.2. The molecule has 6 nitrogen and oxygen atoms in total. The van der Waals surface area contributed by atoms with Crippen molar-refractivity contribution in [2.75, 3.05) is 33.0 Å². The predicted octanol–water partition coefficient (Wildman–Crippen LogP) is 5.38. The second-order valence-electron chi connectivity index (χ2n) is 9.10. The predicted molar refractivity (Wildman–Crippen MR) is 142 cm³/mol. The van der Waals surface area contributed by atoms with Gasteiger partial charge in [0.25, 0.3) is 0 Å². The van der Waals surface area contributed by atoms with E-state index in [4.69, 9.17) is 15.2 Å². The van der Waals surface area contributed by atoms with Crippen LogP contribution in [0.15, 0.2) is 30.3 Å². The topological polar surface area (TPSA) is 72.6 Å². The SMILES string of the molecule is CCCCCCN(NCCc1ccc2nc(N)sc2c1)C1CCc2c(ccc(OC)c2OC)C1. The summed E-state index contributed by atoms with van der Waals surface area (Å²) in [5, 5.41) is 3.15. The Morgan fingerprint density at radius 1 is 1.15 bits per heavy atom. The summed E-state index contributed by atoms with van der Waals surface area (Å²) in [7, 11) is 3.45. The first-order valence-electron chi connectivity index (χ1n) is 12.5. The number of hydrogen-bond acceptors (Lipinski definition) is 7. The van der Waals surface area contributed by atoms with Crippen molar-refractivity contribution in [2.24, 2.45) is 0 Å². The smallest absolute Gasteiger partial charge is 0.181 e. The third-order valence-electron chi connectivity index (χ3n) is 6.82. The van der Waals surface area contributed by atoms with Gasteiger partial charge < -0.3 is 15.2 Å². The molecule has 0 saturated heterocycles. The van der Waals surface area contributed by atoms with Gasteiger partial charge in [-0.2, -0.15) is 0 Å². The van der Waals surface area contributed by atoms with E-state index in [1.165, 1.54) is 47.1 Å². The zero-order valence-corrected chi connectivity index (χ0v) is 21.5. The molecule has 3 N–H and O–H groups in total. The second kappa shape index (κ2) is 11.9. The van der Waals surface area contributed by atoms with E-state index < -0.39 is 0 Å². The van der Waals surface area contributed by atoms with Crippen LogP contribution in [0.3, 0.4) is 0 Å². The van der Waals surface area contributed by atoms with Crippen LogP contribution in [0, 0.1) is 0 Å². The Bertz CT molecular complexity index is 1080. The lowest BCUT2D eigenvalue weighted by Gasteiger charge is -2.36. The Morgan fingerprint density at radius 2 is 2.03 bits per heavy atom. The summed E-state index contributed by atoms with van der Waals surface area (Å²) < 4.78 is 12.4. The van der Waals surface area contributed by atoms with Gasteiger partial charge in [0.2, 0.25) is 0 Å². The summed E-state index contributed by atoms with van der Waals surface area (Å²) >= 11 is 1.56. The van der Waals surface area contributed by atoms with Gasteiger partial charge in [0.15, 0.2) is 16.6 Å². The number of nitrogen functional groups attached to an aromatic ring is 1. The lowest BCUT2D eigenvalue weighted by atomic mass is 9.87. The first kappa shape index (κ1) is 24.8. The van der Waals surface area contributed by atoms with E-state index in [1.54, 1.807) is 25.6 Å². The van der Waals surface area contributed by atoms with Gasteiger partial charge in [-0.15, -0.1) is 0 Å². The van der Waals surface area contributed by atoms with E-state index in [-0.39, 0.29) is 0 Å². The van der Waals surface area contributed by atoms with Gasteiger partial charge in [0.05, 0.1) is 24.4 Å². The zero-order valence-electron chi connectivity index (χ0n) is 20.7. The standard InChI is InChI=1S/C27H38N4O2S/c1-4-5-6-7-16-31(29-15-14-19-8-12-23-25(17-19)34-27(28)30-23)21-10-11-22-20(18-21)9-13-24(32-2)26(22)33-3/h8-9,12-13,17,21,29H,4-7,10-11,14-16,18H2,1-3H3,(H2,28,30). The Labute approximate surface area is 207 Å². The van der Waals surface area contributed by atoms with Crippen molar-refractivity contribution in [1.29, 1.82) is 0 Å².